The molecule has 0 fully saturated rings. The molecule has 2 aromatic heterocycles. The molecule has 2 rings (SSSR count). The van der Waals surface area contributed by atoms with Gasteiger partial charge < -0.3 is 10.8 Å². The predicted molar refractivity (Wildman–Crippen MR) is 72.2 cm³/mol. The van der Waals surface area contributed by atoms with E-state index in [9.17, 15) is 5.11 Å². The van der Waals surface area contributed by atoms with Crippen LogP contribution < -0.4 is 5.73 Å². The molecule has 0 saturated heterocycles. The van der Waals surface area contributed by atoms with Crippen LogP contribution in [-0.4, -0.2) is 15.1 Å². The summed E-state index contributed by atoms with van der Waals surface area (Å²) in [5, 5.41) is 9.48. The molecule has 0 aliphatic carbocycles. The fraction of sp³-hybridized carbons (Fsp3) is 0.286. The Kier molecular flexibility index (Phi) is 2.95. The first-order valence-corrected chi connectivity index (χ1v) is 5.79. The summed E-state index contributed by atoms with van der Waals surface area (Å²) in [6.07, 6.45) is 3.08. The molecule has 0 spiro atoms. The lowest BCUT2D eigenvalue weighted by Crippen LogP contribution is -2.11. The fourth-order valence-electron chi connectivity index (χ4n) is 1.71. The van der Waals surface area contributed by atoms with Crippen LogP contribution in [0.3, 0.4) is 0 Å². The van der Waals surface area contributed by atoms with E-state index in [2.05, 4.69) is 30.7 Å². The zero-order chi connectivity index (χ0) is 13.3. The fourth-order valence-corrected chi connectivity index (χ4v) is 1.71. The Morgan fingerprint density at radius 3 is 2.56 bits per heavy atom. The molecule has 0 amide bonds. The Morgan fingerprint density at radius 2 is 1.89 bits per heavy atom. The van der Waals surface area contributed by atoms with Crippen molar-refractivity contribution in [1.29, 1.82) is 0 Å². The molecule has 2 heterocycles. The molecule has 4 nitrogen and oxygen atoms in total. The molecular weight excluding hydrogens is 226 g/mol. The highest BCUT2D eigenvalue weighted by Crippen LogP contribution is 2.29. The first-order valence-electron chi connectivity index (χ1n) is 5.79. The maximum atomic E-state index is 9.48. The van der Waals surface area contributed by atoms with Crippen molar-refractivity contribution in [1.82, 2.24) is 9.97 Å². The zero-order valence-electron chi connectivity index (χ0n) is 10.8. The second-order valence-corrected chi connectivity index (χ2v) is 5.31. The second kappa shape index (κ2) is 4.29. The van der Waals surface area contributed by atoms with Crippen molar-refractivity contribution in [2.75, 3.05) is 5.73 Å². The first kappa shape index (κ1) is 12.4. The van der Waals surface area contributed by atoms with Crippen molar-refractivity contribution >= 4 is 5.82 Å². The number of rotatable bonds is 1. The molecule has 0 aromatic carbocycles. The maximum absolute atomic E-state index is 9.48. The van der Waals surface area contributed by atoms with Gasteiger partial charge in [-0.15, -0.1) is 0 Å². The van der Waals surface area contributed by atoms with E-state index in [1.54, 1.807) is 12.3 Å². The van der Waals surface area contributed by atoms with Crippen LogP contribution in [0.4, 0.5) is 5.82 Å². The Bertz CT molecular complexity index is 573. The van der Waals surface area contributed by atoms with Crippen LogP contribution in [0.15, 0.2) is 30.6 Å². The van der Waals surface area contributed by atoms with Crippen molar-refractivity contribution in [2.45, 2.75) is 26.2 Å². The SMILES string of the molecule is CC(C)(C)c1ccnc(-c2cc(O)cnc2N)c1. The van der Waals surface area contributed by atoms with E-state index in [0.717, 1.165) is 11.3 Å². The number of hydrogen-bond donors (Lipinski definition) is 2. The molecular formula is C14H17N3O. The van der Waals surface area contributed by atoms with Crippen molar-refractivity contribution in [2.24, 2.45) is 0 Å². The molecule has 2 aromatic rings. The van der Waals surface area contributed by atoms with Crippen LogP contribution in [0.25, 0.3) is 11.3 Å². The Balaban J connectivity index is 2.55. The van der Waals surface area contributed by atoms with Crippen LogP contribution in [0.2, 0.25) is 0 Å². The van der Waals surface area contributed by atoms with Gasteiger partial charge in [-0.25, -0.2) is 4.98 Å². The highest BCUT2D eigenvalue weighted by atomic mass is 16.3. The smallest absolute Gasteiger partial charge is 0.134 e. The number of nitrogen functional groups attached to an aromatic ring is 1. The van der Waals surface area contributed by atoms with E-state index in [1.165, 1.54) is 6.20 Å². The van der Waals surface area contributed by atoms with Crippen molar-refractivity contribution in [3.8, 4) is 17.0 Å². The summed E-state index contributed by atoms with van der Waals surface area (Å²) >= 11 is 0. The Labute approximate surface area is 107 Å². The molecule has 0 aliphatic heterocycles. The average Bonchev–Trinajstić information content (AvgIpc) is 2.31. The van der Waals surface area contributed by atoms with E-state index in [-0.39, 0.29) is 11.2 Å². The molecule has 0 unspecified atom stereocenters. The number of aromatic hydroxyl groups is 1. The van der Waals surface area contributed by atoms with Crippen LogP contribution in [0, 0.1) is 0 Å². The third kappa shape index (κ3) is 2.42. The van der Waals surface area contributed by atoms with Gasteiger partial charge in [0.2, 0.25) is 0 Å². The molecule has 0 radical (unpaired) electrons. The van der Waals surface area contributed by atoms with Crippen LogP contribution >= 0.6 is 0 Å². The minimum Gasteiger partial charge on any atom is -0.506 e. The normalized spacial score (nSPS) is 11.5. The van der Waals surface area contributed by atoms with E-state index in [1.807, 2.05) is 12.1 Å². The van der Waals surface area contributed by atoms with E-state index < -0.39 is 0 Å². The minimum atomic E-state index is 0.0384. The maximum Gasteiger partial charge on any atom is 0.134 e. The van der Waals surface area contributed by atoms with Crippen LogP contribution in [0.1, 0.15) is 26.3 Å². The van der Waals surface area contributed by atoms with Crippen LogP contribution in [-0.2, 0) is 5.41 Å². The molecule has 0 saturated carbocycles. The van der Waals surface area contributed by atoms with Crippen molar-refractivity contribution in [3.63, 3.8) is 0 Å². The molecule has 18 heavy (non-hydrogen) atoms. The number of anilines is 1. The monoisotopic (exact) mass is 243 g/mol. The summed E-state index contributed by atoms with van der Waals surface area (Å²) < 4.78 is 0. The molecule has 4 heteroatoms. The summed E-state index contributed by atoms with van der Waals surface area (Å²) in [7, 11) is 0. The van der Waals surface area contributed by atoms with Gasteiger partial charge >= 0.3 is 0 Å². The standard InChI is InChI=1S/C14H17N3O/c1-14(2,3)9-4-5-16-12(6-9)11-7-10(18)8-17-13(11)15/h4-8,18H,1-3H3,(H2,15,17). The van der Waals surface area contributed by atoms with Gasteiger partial charge in [0, 0.05) is 11.8 Å². The highest BCUT2D eigenvalue weighted by molar-refractivity contribution is 5.72. The number of hydrogen-bond acceptors (Lipinski definition) is 4. The molecule has 94 valence electrons. The summed E-state index contributed by atoms with van der Waals surface area (Å²) in [4.78, 5) is 8.23. The van der Waals surface area contributed by atoms with Crippen LogP contribution in [0.5, 0.6) is 5.75 Å². The molecule has 0 bridgehead atoms. The number of nitrogens with two attached hydrogens (primary N) is 1. The molecule has 3 N–H and O–H groups in total. The Morgan fingerprint density at radius 1 is 1.17 bits per heavy atom. The molecule has 0 aliphatic rings. The lowest BCUT2D eigenvalue weighted by molar-refractivity contribution is 0.473. The summed E-state index contributed by atoms with van der Waals surface area (Å²) in [6, 6.07) is 5.54. The minimum absolute atomic E-state index is 0.0384. The highest BCUT2D eigenvalue weighted by Gasteiger charge is 2.15. The third-order valence-corrected chi connectivity index (χ3v) is 2.81. The first-order chi connectivity index (χ1) is 8.38. The van der Waals surface area contributed by atoms with E-state index >= 15 is 0 Å². The van der Waals surface area contributed by atoms with Gasteiger partial charge in [0.25, 0.3) is 0 Å². The number of pyridine rings is 2. The summed E-state index contributed by atoms with van der Waals surface area (Å²) in [5.41, 5.74) is 8.40. The van der Waals surface area contributed by atoms with Gasteiger partial charge in [-0.2, -0.15) is 0 Å². The number of nitrogens with zero attached hydrogens (tertiary/aromatic N) is 2. The van der Waals surface area contributed by atoms with Gasteiger partial charge in [-0.05, 0) is 29.2 Å². The molecule has 0 atom stereocenters. The van der Waals surface area contributed by atoms with Gasteiger partial charge in [0.05, 0.1) is 11.9 Å². The lowest BCUT2D eigenvalue weighted by Gasteiger charge is -2.19. The third-order valence-electron chi connectivity index (χ3n) is 2.81. The van der Waals surface area contributed by atoms with E-state index in [0.29, 0.717) is 11.4 Å². The predicted octanol–water partition coefficient (Wildman–Crippen LogP) is 2.73. The van der Waals surface area contributed by atoms with Crippen molar-refractivity contribution in [3.05, 3.63) is 36.2 Å². The zero-order valence-corrected chi connectivity index (χ0v) is 10.8. The Hall–Kier alpha value is -2.10. The average molecular weight is 243 g/mol. The quantitative estimate of drug-likeness (QED) is 0.807. The van der Waals surface area contributed by atoms with Gasteiger partial charge in [-0.3, -0.25) is 4.98 Å². The lowest BCUT2D eigenvalue weighted by atomic mass is 9.87. The van der Waals surface area contributed by atoms with E-state index in [4.69, 9.17) is 5.73 Å². The largest absolute Gasteiger partial charge is 0.506 e. The van der Waals surface area contributed by atoms with Gasteiger partial charge in [-0.1, -0.05) is 20.8 Å². The summed E-state index contributed by atoms with van der Waals surface area (Å²) in [6.45, 7) is 6.41. The number of aromatic nitrogens is 2. The second-order valence-electron chi connectivity index (χ2n) is 5.31. The summed E-state index contributed by atoms with van der Waals surface area (Å²) in [5.74, 6) is 0.452. The topological polar surface area (TPSA) is 72.0 Å². The van der Waals surface area contributed by atoms with Crippen molar-refractivity contribution < 1.29 is 5.11 Å². The van der Waals surface area contributed by atoms with Gasteiger partial charge in [0.1, 0.15) is 11.6 Å². The van der Waals surface area contributed by atoms with Gasteiger partial charge in [0.15, 0.2) is 0 Å².